The van der Waals surface area contributed by atoms with Crippen LogP contribution in [0.1, 0.15) is 41.6 Å². The molecule has 3 N–H and O–H groups in total. The molecule has 2 aromatic heterocycles. The Morgan fingerprint density at radius 2 is 1.96 bits per heavy atom. The molecule has 1 unspecified atom stereocenters. The van der Waals surface area contributed by atoms with Gasteiger partial charge in [0.2, 0.25) is 0 Å². The maximum Gasteiger partial charge on any atom is 0.149 e. The summed E-state index contributed by atoms with van der Waals surface area (Å²) in [5, 5.41) is 10.3. The highest BCUT2D eigenvalue weighted by molar-refractivity contribution is 5.68. The van der Waals surface area contributed by atoms with Crippen molar-refractivity contribution in [2.45, 2.75) is 39.5 Å². The zero-order chi connectivity index (χ0) is 17.4. The van der Waals surface area contributed by atoms with Gasteiger partial charge in [-0.25, -0.2) is 9.97 Å². The zero-order valence-corrected chi connectivity index (χ0v) is 15.3. The van der Waals surface area contributed by atoms with Crippen LogP contribution in [0.15, 0.2) is 18.3 Å². The van der Waals surface area contributed by atoms with Crippen molar-refractivity contribution in [1.82, 2.24) is 9.97 Å². The van der Waals surface area contributed by atoms with E-state index >= 15 is 0 Å². The van der Waals surface area contributed by atoms with Gasteiger partial charge >= 0.3 is 0 Å². The largest absolute Gasteiger partial charge is 0.380 e. The van der Waals surface area contributed by atoms with Crippen LogP contribution < -0.4 is 16.0 Å². The average molecular weight is 337 g/mol. The fourth-order valence-electron chi connectivity index (χ4n) is 4.12. The van der Waals surface area contributed by atoms with E-state index in [0.717, 1.165) is 49.8 Å². The fraction of sp³-hybridized carbons (Fsp3) is 0.500. The molecule has 5 heteroatoms. The smallest absolute Gasteiger partial charge is 0.149 e. The van der Waals surface area contributed by atoms with Gasteiger partial charge in [0.25, 0.3) is 0 Å². The minimum atomic E-state index is 0.445. The van der Waals surface area contributed by atoms with Crippen LogP contribution in [0.2, 0.25) is 0 Å². The molecule has 25 heavy (non-hydrogen) atoms. The third-order valence-electron chi connectivity index (χ3n) is 5.31. The highest BCUT2D eigenvalue weighted by Gasteiger charge is 2.24. The molecule has 0 bridgehead atoms. The number of rotatable bonds is 3. The van der Waals surface area contributed by atoms with Crippen LogP contribution in [0.25, 0.3) is 0 Å². The van der Waals surface area contributed by atoms with Crippen molar-refractivity contribution >= 4 is 17.3 Å². The molecular formula is C20H27N5. The first kappa shape index (κ1) is 16.2. The Morgan fingerprint density at radius 1 is 1.12 bits per heavy atom. The molecule has 0 spiro atoms. The maximum atomic E-state index is 4.93. The average Bonchev–Trinajstić information content (AvgIpc) is 2.60. The second kappa shape index (κ2) is 6.54. The quantitative estimate of drug-likeness (QED) is 0.797. The predicted octanol–water partition coefficient (Wildman–Crippen LogP) is 3.71. The van der Waals surface area contributed by atoms with E-state index in [9.17, 15) is 0 Å². The van der Waals surface area contributed by atoms with Crippen molar-refractivity contribution in [2.24, 2.45) is 5.92 Å². The second-order valence-corrected chi connectivity index (χ2v) is 7.55. The number of anilines is 3. The molecule has 2 atom stereocenters. The van der Waals surface area contributed by atoms with Crippen molar-refractivity contribution in [3.05, 3.63) is 40.7 Å². The number of nitrogens with zero attached hydrogens (tertiary/aromatic N) is 2. The number of hydrogen-bond acceptors (Lipinski definition) is 5. The molecule has 0 fully saturated rings. The standard InChI is InChI=1S/C20H27N5/c1-12-6-16-9-15(11-24-19(16)23-10-12)7-13(2)18-14(3)8-17-20(25-18)22-5-4-21-17/h6,8,10,13,15,21H,4-5,7,9,11H2,1-3H3,(H,22,25)(H,23,24)/t13-,15?/m1/s1. The van der Waals surface area contributed by atoms with Crippen LogP contribution in [0.5, 0.6) is 0 Å². The first-order valence-corrected chi connectivity index (χ1v) is 9.29. The number of hydrogen-bond donors (Lipinski definition) is 3. The van der Waals surface area contributed by atoms with Crippen LogP contribution >= 0.6 is 0 Å². The summed E-state index contributed by atoms with van der Waals surface area (Å²) in [6.45, 7) is 9.49. The normalized spacial score (nSPS) is 19.7. The summed E-state index contributed by atoms with van der Waals surface area (Å²) >= 11 is 0. The highest BCUT2D eigenvalue weighted by Crippen LogP contribution is 2.33. The molecule has 0 aromatic carbocycles. The van der Waals surface area contributed by atoms with Gasteiger partial charge in [-0.3, -0.25) is 0 Å². The Kier molecular flexibility index (Phi) is 4.24. The molecule has 4 rings (SSSR count). The van der Waals surface area contributed by atoms with Crippen molar-refractivity contribution in [3.8, 4) is 0 Å². The first-order chi connectivity index (χ1) is 12.1. The predicted molar refractivity (Wildman–Crippen MR) is 104 cm³/mol. The molecule has 132 valence electrons. The lowest BCUT2D eigenvalue weighted by atomic mass is 9.85. The summed E-state index contributed by atoms with van der Waals surface area (Å²) in [5.41, 5.74) is 6.23. The van der Waals surface area contributed by atoms with Gasteiger partial charge in [0.1, 0.15) is 11.6 Å². The molecule has 4 heterocycles. The molecule has 0 amide bonds. The second-order valence-electron chi connectivity index (χ2n) is 7.55. The molecule has 0 radical (unpaired) electrons. The van der Waals surface area contributed by atoms with E-state index < -0.39 is 0 Å². The van der Waals surface area contributed by atoms with Crippen molar-refractivity contribution < 1.29 is 0 Å². The molecule has 0 saturated heterocycles. The van der Waals surface area contributed by atoms with Gasteiger partial charge in [-0.2, -0.15) is 0 Å². The van der Waals surface area contributed by atoms with Crippen LogP contribution in [-0.2, 0) is 6.42 Å². The van der Waals surface area contributed by atoms with Gasteiger partial charge in [0, 0.05) is 31.5 Å². The maximum absolute atomic E-state index is 4.93. The number of aromatic nitrogens is 2. The van der Waals surface area contributed by atoms with Crippen LogP contribution in [0.3, 0.4) is 0 Å². The summed E-state index contributed by atoms with van der Waals surface area (Å²) in [6.07, 6.45) is 4.18. The Hall–Kier alpha value is -2.30. The lowest BCUT2D eigenvalue weighted by Gasteiger charge is -2.28. The van der Waals surface area contributed by atoms with Crippen LogP contribution in [0.4, 0.5) is 17.3 Å². The fourth-order valence-corrected chi connectivity index (χ4v) is 4.12. The zero-order valence-electron chi connectivity index (χ0n) is 15.3. The Labute approximate surface area is 149 Å². The van der Waals surface area contributed by atoms with Crippen LogP contribution in [-0.4, -0.2) is 29.6 Å². The first-order valence-electron chi connectivity index (χ1n) is 9.29. The third kappa shape index (κ3) is 3.28. The molecule has 0 aliphatic carbocycles. The Balaban J connectivity index is 1.50. The van der Waals surface area contributed by atoms with Crippen molar-refractivity contribution in [2.75, 3.05) is 35.6 Å². The Morgan fingerprint density at radius 3 is 2.84 bits per heavy atom. The van der Waals surface area contributed by atoms with E-state index in [0.29, 0.717) is 11.8 Å². The summed E-state index contributed by atoms with van der Waals surface area (Å²) in [7, 11) is 0. The summed E-state index contributed by atoms with van der Waals surface area (Å²) < 4.78 is 0. The number of nitrogens with one attached hydrogen (secondary N) is 3. The summed E-state index contributed by atoms with van der Waals surface area (Å²) in [5.74, 6) is 3.13. The monoisotopic (exact) mass is 337 g/mol. The molecule has 2 aromatic rings. The number of fused-ring (bicyclic) bond motifs is 2. The van der Waals surface area contributed by atoms with Gasteiger partial charge < -0.3 is 16.0 Å². The summed E-state index contributed by atoms with van der Waals surface area (Å²) in [6, 6.07) is 4.51. The van der Waals surface area contributed by atoms with Gasteiger partial charge in [-0.05, 0) is 61.3 Å². The summed E-state index contributed by atoms with van der Waals surface area (Å²) in [4.78, 5) is 9.44. The van der Waals surface area contributed by atoms with E-state index in [1.54, 1.807) is 0 Å². The molecule has 2 aliphatic heterocycles. The van der Waals surface area contributed by atoms with Gasteiger partial charge in [-0.1, -0.05) is 13.0 Å². The van der Waals surface area contributed by atoms with Gasteiger partial charge in [0.05, 0.1) is 5.69 Å². The van der Waals surface area contributed by atoms with Gasteiger partial charge in [0.15, 0.2) is 0 Å². The molecule has 5 nitrogen and oxygen atoms in total. The van der Waals surface area contributed by atoms with E-state index in [1.807, 2.05) is 6.20 Å². The van der Waals surface area contributed by atoms with Crippen molar-refractivity contribution in [3.63, 3.8) is 0 Å². The SMILES string of the molecule is Cc1cnc2c(c1)CC(C[C@@H](C)c1nc3c(cc1C)NCCN3)CN2. The molecule has 2 aliphatic rings. The van der Waals surface area contributed by atoms with E-state index in [2.05, 4.69) is 53.8 Å². The van der Waals surface area contributed by atoms with Gasteiger partial charge in [-0.15, -0.1) is 0 Å². The van der Waals surface area contributed by atoms with E-state index in [1.165, 1.54) is 22.4 Å². The highest BCUT2D eigenvalue weighted by atomic mass is 15.1. The van der Waals surface area contributed by atoms with Crippen molar-refractivity contribution in [1.29, 1.82) is 0 Å². The Bertz CT molecular complexity index is 786. The minimum Gasteiger partial charge on any atom is -0.380 e. The van der Waals surface area contributed by atoms with E-state index in [-0.39, 0.29) is 0 Å². The lowest BCUT2D eigenvalue weighted by Crippen LogP contribution is -2.26. The van der Waals surface area contributed by atoms with Crippen LogP contribution in [0, 0.1) is 19.8 Å². The lowest BCUT2D eigenvalue weighted by molar-refractivity contribution is 0.448. The van der Waals surface area contributed by atoms with E-state index in [4.69, 9.17) is 4.98 Å². The third-order valence-corrected chi connectivity index (χ3v) is 5.31. The number of pyridine rings is 2. The minimum absolute atomic E-state index is 0.445. The topological polar surface area (TPSA) is 61.9 Å². The molecule has 0 saturated carbocycles. The molecular weight excluding hydrogens is 310 g/mol. The number of aryl methyl sites for hydroxylation is 2.